The lowest BCUT2D eigenvalue weighted by Gasteiger charge is -2.27. The topological polar surface area (TPSA) is 74.1 Å². The molecule has 2 aromatic rings. The summed E-state index contributed by atoms with van der Waals surface area (Å²) in [5.41, 5.74) is 0.262. The normalized spacial score (nSPS) is 18.0. The molecule has 1 unspecified atom stereocenters. The molecule has 172 valence electrons. The number of carbonyl (C=O) groups excluding carboxylic acids is 2. The van der Waals surface area contributed by atoms with Gasteiger partial charge in [-0.3, -0.25) is 9.59 Å². The summed E-state index contributed by atoms with van der Waals surface area (Å²) in [6.07, 6.45) is 0.758. The van der Waals surface area contributed by atoms with Crippen LogP contribution in [0.2, 0.25) is 5.02 Å². The lowest BCUT2D eigenvalue weighted by Crippen LogP contribution is -3.11. The van der Waals surface area contributed by atoms with Crippen molar-refractivity contribution in [1.82, 2.24) is 4.90 Å². The fourth-order valence-corrected chi connectivity index (χ4v) is 5.10. The standard InChI is InChI=1S/C24H29ClN2O4S/c1-4-26(5-2)12-8-13-27-21(19-9-7-14-32-19)20(23(29)24(27)30)22(28)16-10-11-18(31-6-3)17(25)15-16/h7,9-11,14-15,21,28H,4-6,8,12-13H2,1-3H3/b22-20+. The van der Waals surface area contributed by atoms with E-state index in [1.807, 2.05) is 24.4 Å². The first-order valence-electron chi connectivity index (χ1n) is 11.0. The second-order valence-electron chi connectivity index (χ2n) is 7.63. The number of likely N-dealkylation sites (tertiary alicyclic amines) is 1. The van der Waals surface area contributed by atoms with Gasteiger partial charge in [-0.2, -0.15) is 0 Å². The van der Waals surface area contributed by atoms with Crippen LogP contribution >= 0.6 is 22.9 Å². The Labute approximate surface area is 198 Å². The van der Waals surface area contributed by atoms with E-state index < -0.39 is 23.5 Å². The second-order valence-corrected chi connectivity index (χ2v) is 9.01. The van der Waals surface area contributed by atoms with E-state index in [0.29, 0.717) is 23.9 Å². The van der Waals surface area contributed by atoms with Gasteiger partial charge in [0.1, 0.15) is 5.75 Å². The number of ether oxygens (including phenoxy) is 1. The molecule has 0 radical (unpaired) electrons. The number of nitrogens with zero attached hydrogens (tertiary/aromatic N) is 1. The molecule has 1 fully saturated rings. The molecule has 1 saturated heterocycles. The Morgan fingerprint density at radius 2 is 1.97 bits per heavy atom. The molecule has 3 rings (SSSR count). The number of amides is 1. The van der Waals surface area contributed by atoms with Crippen molar-refractivity contribution >= 4 is 40.4 Å². The number of rotatable bonds is 10. The van der Waals surface area contributed by atoms with Gasteiger partial charge in [0.15, 0.2) is 0 Å². The van der Waals surface area contributed by atoms with E-state index >= 15 is 0 Å². The average Bonchev–Trinajstić information content (AvgIpc) is 3.40. The average molecular weight is 477 g/mol. The lowest BCUT2D eigenvalue weighted by atomic mass is 9.99. The van der Waals surface area contributed by atoms with Crippen molar-refractivity contribution in [2.45, 2.75) is 33.2 Å². The lowest BCUT2D eigenvalue weighted by molar-refractivity contribution is -0.896. The van der Waals surface area contributed by atoms with Crippen molar-refractivity contribution in [3.8, 4) is 5.75 Å². The maximum Gasteiger partial charge on any atom is 0.295 e. The summed E-state index contributed by atoms with van der Waals surface area (Å²) >= 11 is 7.70. The van der Waals surface area contributed by atoms with Gasteiger partial charge in [0.25, 0.3) is 5.91 Å². The maximum absolute atomic E-state index is 13.4. The molecule has 1 aliphatic rings. The van der Waals surface area contributed by atoms with E-state index in [9.17, 15) is 14.7 Å². The third-order valence-electron chi connectivity index (χ3n) is 5.77. The summed E-state index contributed by atoms with van der Waals surface area (Å²) in [5, 5.41) is 15.6. The predicted octanol–water partition coefficient (Wildman–Crippen LogP) is 2.34. The van der Waals surface area contributed by atoms with Crippen molar-refractivity contribution in [3.05, 3.63) is 56.7 Å². The van der Waals surface area contributed by atoms with Gasteiger partial charge in [-0.15, -0.1) is 11.3 Å². The van der Waals surface area contributed by atoms with E-state index in [-0.39, 0.29) is 11.1 Å². The van der Waals surface area contributed by atoms with Crippen LogP contribution in [0, 0.1) is 0 Å². The molecule has 1 atom stereocenters. The van der Waals surface area contributed by atoms with Crippen molar-refractivity contribution in [2.24, 2.45) is 0 Å². The van der Waals surface area contributed by atoms with Crippen LogP contribution in [0.1, 0.15) is 43.7 Å². The molecule has 2 heterocycles. The number of benzene rings is 1. The summed E-state index contributed by atoms with van der Waals surface area (Å²) in [7, 11) is 0. The van der Waals surface area contributed by atoms with Gasteiger partial charge in [-0.1, -0.05) is 29.5 Å². The zero-order valence-corrected chi connectivity index (χ0v) is 20.2. The Morgan fingerprint density at radius 3 is 2.56 bits per heavy atom. The molecule has 1 aromatic heterocycles. The number of hydrogen-bond donors (Lipinski definition) is 1. The van der Waals surface area contributed by atoms with Crippen LogP contribution < -0.4 is 14.7 Å². The molecular formula is C24H29ClN2O4S. The molecule has 0 spiro atoms. The van der Waals surface area contributed by atoms with E-state index in [1.54, 1.807) is 17.0 Å². The largest absolute Gasteiger partial charge is 0.872 e. The Balaban J connectivity index is 1.97. The molecule has 32 heavy (non-hydrogen) atoms. The molecule has 6 nitrogen and oxygen atoms in total. The number of thiophene rings is 1. The number of carbonyl (C=O) groups is 2. The Kier molecular flexibility index (Phi) is 8.34. The van der Waals surface area contributed by atoms with Gasteiger partial charge in [0, 0.05) is 23.4 Å². The van der Waals surface area contributed by atoms with Crippen LogP contribution in [0.15, 0.2) is 41.3 Å². The summed E-state index contributed by atoms with van der Waals surface area (Å²) in [6, 6.07) is 7.76. The van der Waals surface area contributed by atoms with E-state index in [2.05, 4.69) is 13.8 Å². The Hall–Kier alpha value is -2.35. The minimum absolute atomic E-state index is 0.00661. The molecule has 1 aliphatic heterocycles. The van der Waals surface area contributed by atoms with Gasteiger partial charge in [0.2, 0.25) is 5.78 Å². The number of Topliss-reactive ketones (excluding diaryl/α,β-unsaturated/α-hetero) is 1. The SMILES string of the molecule is CCOc1ccc(/C([O-])=C2\C(=O)C(=O)N(CCC[NH+](CC)CC)C2c2cccs2)cc1Cl. The third-order valence-corrected chi connectivity index (χ3v) is 6.99. The number of nitrogens with one attached hydrogen (secondary N) is 1. The number of halogens is 1. The second kappa shape index (κ2) is 11.0. The molecule has 8 heteroatoms. The third kappa shape index (κ3) is 5.00. The highest BCUT2D eigenvalue weighted by Crippen LogP contribution is 2.41. The molecule has 1 N–H and O–H groups in total. The van der Waals surface area contributed by atoms with Crippen LogP contribution in [-0.2, 0) is 9.59 Å². The van der Waals surface area contributed by atoms with Crippen LogP contribution in [0.4, 0.5) is 0 Å². The minimum atomic E-state index is -0.728. The fourth-order valence-electron chi connectivity index (χ4n) is 4.02. The first-order chi connectivity index (χ1) is 15.4. The number of ketones is 1. The number of hydrogen-bond acceptors (Lipinski definition) is 5. The quantitative estimate of drug-likeness (QED) is 0.324. The zero-order valence-electron chi connectivity index (χ0n) is 18.7. The van der Waals surface area contributed by atoms with E-state index in [0.717, 1.165) is 30.9 Å². The summed E-state index contributed by atoms with van der Waals surface area (Å²) in [5.74, 6) is -1.34. The predicted molar refractivity (Wildman–Crippen MR) is 125 cm³/mol. The van der Waals surface area contributed by atoms with E-state index in [4.69, 9.17) is 16.3 Å². The van der Waals surface area contributed by atoms with Crippen molar-refractivity contribution < 1.29 is 24.3 Å². The highest BCUT2D eigenvalue weighted by Gasteiger charge is 2.44. The monoisotopic (exact) mass is 476 g/mol. The molecule has 0 aliphatic carbocycles. The van der Waals surface area contributed by atoms with Gasteiger partial charge in [-0.05, 0) is 49.9 Å². The highest BCUT2D eigenvalue weighted by molar-refractivity contribution is 7.10. The van der Waals surface area contributed by atoms with Crippen LogP contribution in [0.3, 0.4) is 0 Å². The van der Waals surface area contributed by atoms with Gasteiger partial charge >= 0.3 is 0 Å². The smallest absolute Gasteiger partial charge is 0.295 e. The van der Waals surface area contributed by atoms with Crippen LogP contribution in [0.5, 0.6) is 5.75 Å². The van der Waals surface area contributed by atoms with Crippen molar-refractivity contribution in [1.29, 1.82) is 0 Å². The van der Waals surface area contributed by atoms with Crippen LogP contribution in [0.25, 0.3) is 5.76 Å². The molecule has 1 aromatic carbocycles. The molecule has 1 amide bonds. The maximum atomic E-state index is 13.4. The van der Waals surface area contributed by atoms with Gasteiger partial charge < -0.3 is 19.6 Å². The van der Waals surface area contributed by atoms with Crippen LogP contribution in [-0.4, -0.2) is 49.4 Å². The minimum Gasteiger partial charge on any atom is -0.872 e. The molecule has 0 saturated carbocycles. The van der Waals surface area contributed by atoms with Gasteiger partial charge in [0.05, 0.1) is 37.3 Å². The van der Waals surface area contributed by atoms with E-state index in [1.165, 1.54) is 22.3 Å². The van der Waals surface area contributed by atoms with Gasteiger partial charge in [-0.25, -0.2) is 0 Å². The fraction of sp³-hybridized carbons (Fsp3) is 0.417. The Bertz CT molecular complexity index is 986. The first-order valence-corrected chi connectivity index (χ1v) is 12.2. The highest BCUT2D eigenvalue weighted by atomic mass is 35.5. The molecule has 0 bridgehead atoms. The van der Waals surface area contributed by atoms with Crippen molar-refractivity contribution in [2.75, 3.05) is 32.8 Å². The summed E-state index contributed by atoms with van der Waals surface area (Å²) < 4.78 is 5.43. The first kappa shape index (κ1) is 24.3. The number of quaternary nitrogens is 1. The summed E-state index contributed by atoms with van der Waals surface area (Å²) in [6.45, 7) is 9.89. The Morgan fingerprint density at radius 1 is 1.22 bits per heavy atom. The van der Waals surface area contributed by atoms with Crippen molar-refractivity contribution in [3.63, 3.8) is 0 Å². The summed E-state index contributed by atoms with van der Waals surface area (Å²) in [4.78, 5) is 29.7. The zero-order chi connectivity index (χ0) is 23.3. The molecular weight excluding hydrogens is 448 g/mol.